The van der Waals surface area contributed by atoms with Gasteiger partial charge in [0, 0.05) is 22.0 Å². The monoisotopic (exact) mass is 246 g/mol. The van der Waals surface area contributed by atoms with Gasteiger partial charge in [0.2, 0.25) is 0 Å². The lowest BCUT2D eigenvalue weighted by Crippen LogP contribution is -2.29. The molecule has 0 bridgehead atoms. The van der Waals surface area contributed by atoms with Crippen LogP contribution in [0.1, 0.15) is 18.6 Å². The zero-order chi connectivity index (χ0) is 9.97. The van der Waals surface area contributed by atoms with Crippen LogP contribution >= 0.6 is 34.9 Å². The highest BCUT2D eigenvalue weighted by molar-refractivity contribution is 8.07. The Labute approximate surface area is 97.3 Å². The van der Waals surface area contributed by atoms with Gasteiger partial charge in [0.05, 0.1) is 6.10 Å². The quantitative estimate of drug-likeness (QED) is 0.866. The molecule has 0 saturated carbocycles. The summed E-state index contributed by atoms with van der Waals surface area (Å²) in [7, 11) is 0. The van der Waals surface area contributed by atoms with Crippen LogP contribution in [-0.2, 0) is 0 Å². The Morgan fingerprint density at radius 3 is 2.86 bits per heavy atom. The first-order valence-electron chi connectivity index (χ1n) is 4.72. The number of hydrogen-bond acceptors (Lipinski definition) is 4. The molecule has 0 radical (unpaired) electrons. The van der Waals surface area contributed by atoms with Crippen molar-refractivity contribution in [3.05, 3.63) is 22.4 Å². The summed E-state index contributed by atoms with van der Waals surface area (Å²) in [6.45, 7) is 2.22. The molecule has 1 aromatic heterocycles. The Balaban J connectivity index is 2.06. The SMILES string of the molecule is CC1SCCSC1C(O)c1ccsc1. The van der Waals surface area contributed by atoms with Gasteiger partial charge in [-0.1, -0.05) is 6.92 Å². The number of thioether (sulfide) groups is 2. The fraction of sp³-hybridized carbons (Fsp3) is 0.600. The molecule has 78 valence electrons. The lowest BCUT2D eigenvalue weighted by molar-refractivity contribution is 0.174. The summed E-state index contributed by atoms with van der Waals surface area (Å²) in [5.41, 5.74) is 1.09. The minimum atomic E-state index is -0.283. The van der Waals surface area contributed by atoms with Gasteiger partial charge in [-0.15, -0.1) is 0 Å². The van der Waals surface area contributed by atoms with E-state index in [9.17, 15) is 5.11 Å². The summed E-state index contributed by atoms with van der Waals surface area (Å²) in [4.78, 5) is 0. The average molecular weight is 246 g/mol. The minimum Gasteiger partial charge on any atom is -0.387 e. The molecule has 3 atom stereocenters. The van der Waals surface area contributed by atoms with E-state index in [0.29, 0.717) is 10.5 Å². The van der Waals surface area contributed by atoms with Crippen LogP contribution in [0.5, 0.6) is 0 Å². The van der Waals surface area contributed by atoms with E-state index in [1.165, 1.54) is 11.5 Å². The molecule has 1 aliphatic heterocycles. The van der Waals surface area contributed by atoms with E-state index in [-0.39, 0.29) is 6.10 Å². The van der Waals surface area contributed by atoms with Gasteiger partial charge in [-0.05, 0) is 22.4 Å². The largest absolute Gasteiger partial charge is 0.387 e. The number of aliphatic hydroxyl groups is 1. The van der Waals surface area contributed by atoms with E-state index in [2.05, 4.69) is 12.3 Å². The number of aliphatic hydroxyl groups excluding tert-OH is 1. The van der Waals surface area contributed by atoms with Crippen LogP contribution in [0.3, 0.4) is 0 Å². The van der Waals surface area contributed by atoms with Crippen molar-refractivity contribution in [1.29, 1.82) is 0 Å². The molecule has 1 N–H and O–H groups in total. The molecular formula is C10H14OS3. The Bertz CT molecular complexity index is 273. The molecule has 2 heterocycles. The first-order valence-corrected chi connectivity index (χ1v) is 7.76. The molecule has 0 spiro atoms. The zero-order valence-corrected chi connectivity index (χ0v) is 10.5. The van der Waals surface area contributed by atoms with Crippen LogP contribution in [0.25, 0.3) is 0 Å². The van der Waals surface area contributed by atoms with Crippen molar-refractivity contribution in [2.45, 2.75) is 23.5 Å². The van der Waals surface area contributed by atoms with Crippen molar-refractivity contribution in [2.75, 3.05) is 11.5 Å². The molecule has 14 heavy (non-hydrogen) atoms. The van der Waals surface area contributed by atoms with Crippen molar-refractivity contribution in [3.8, 4) is 0 Å². The highest BCUT2D eigenvalue weighted by atomic mass is 32.2. The molecule has 1 aliphatic rings. The van der Waals surface area contributed by atoms with Gasteiger partial charge >= 0.3 is 0 Å². The maximum atomic E-state index is 10.2. The van der Waals surface area contributed by atoms with Crippen LogP contribution in [0.15, 0.2) is 16.8 Å². The Morgan fingerprint density at radius 1 is 1.43 bits per heavy atom. The van der Waals surface area contributed by atoms with Crippen molar-refractivity contribution >= 4 is 34.9 Å². The fourth-order valence-electron chi connectivity index (χ4n) is 1.63. The van der Waals surface area contributed by atoms with Gasteiger partial charge in [-0.25, -0.2) is 0 Å². The van der Waals surface area contributed by atoms with Crippen LogP contribution in [0.4, 0.5) is 0 Å². The lowest BCUT2D eigenvalue weighted by Gasteiger charge is -2.31. The smallest absolute Gasteiger partial charge is 0.0927 e. The minimum absolute atomic E-state index is 0.283. The van der Waals surface area contributed by atoms with Crippen LogP contribution in [-0.4, -0.2) is 27.1 Å². The molecule has 1 fully saturated rings. The number of hydrogen-bond donors (Lipinski definition) is 1. The van der Waals surface area contributed by atoms with Crippen molar-refractivity contribution < 1.29 is 5.11 Å². The molecule has 1 aromatic rings. The van der Waals surface area contributed by atoms with Crippen molar-refractivity contribution in [1.82, 2.24) is 0 Å². The lowest BCUT2D eigenvalue weighted by atomic mass is 10.1. The molecule has 1 saturated heterocycles. The summed E-state index contributed by atoms with van der Waals surface area (Å²) < 4.78 is 0. The van der Waals surface area contributed by atoms with Crippen molar-refractivity contribution in [3.63, 3.8) is 0 Å². The molecule has 0 aliphatic carbocycles. The standard InChI is InChI=1S/C10H14OS3/c1-7-10(14-5-4-13-7)9(11)8-2-3-12-6-8/h2-3,6-7,9-11H,4-5H2,1H3. The highest BCUT2D eigenvalue weighted by Gasteiger charge is 2.30. The highest BCUT2D eigenvalue weighted by Crippen LogP contribution is 2.38. The van der Waals surface area contributed by atoms with Crippen LogP contribution < -0.4 is 0 Å². The van der Waals surface area contributed by atoms with Gasteiger partial charge in [0.15, 0.2) is 0 Å². The van der Waals surface area contributed by atoms with E-state index < -0.39 is 0 Å². The Kier molecular flexibility index (Phi) is 3.82. The van der Waals surface area contributed by atoms with Gasteiger partial charge in [-0.2, -0.15) is 34.9 Å². The maximum Gasteiger partial charge on any atom is 0.0927 e. The predicted octanol–water partition coefficient (Wildman–Crippen LogP) is 3.02. The Morgan fingerprint density at radius 2 is 2.21 bits per heavy atom. The molecule has 0 amide bonds. The average Bonchev–Trinajstić information content (AvgIpc) is 2.70. The summed E-state index contributed by atoms with van der Waals surface area (Å²) in [5, 5.41) is 15.2. The molecule has 2 rings (SSSR count). The molecule has 1 nitrogen and oxygen atoms in total. The van der Waals surface area contributed by atoms with Crippen molar-refractivity contribution in [2.24, 2.45) is 0 Å². The summed E-state index contributed by atoms with van der Waals surface area (Å²) >= 11 is 5.54. The fourth-order valence-corrected chi connectivity index (χ4v) is 5.15. The zero-order valence-electron chi connectivity index (χ0n) is 8.05. The normalized spacial score (nSPS) is 30.1. The third-order valence-corrected chi connectivity index (χ3v) is 6.31. The van der Waals surface area contributed by atoms with Gasteiger partial charge in [0.1, 0.15) is 0 Å². The van der Waals surface area contributed by atoms with Gasteiger partial charge in [0.25, 0.3) is 0 Å². The third-order valence-electron chi connectivity index (χ3n) is 2.43. The maximum absolute atomic E-state index is 10.2. The van der Waals surface area contributed by atoms with Crippen LogP contribution in [0, 0.1) is 0 Å². The van der Waals surface area contributed by atoms with E-state index >= 15 is 0 Å². The van der Waals surface area contributed by atoms with E-state index in [4.69, 9.17) is 0 Å². The number of rotatable bonds is 2. The molecule has 4 heteroatoms. The first kappa shape index (κ1) is 10.9. The topological polar surface area (TPSA) is 20.2 Å². The molecule has 3 unspecified atom stereocenters. The molecule has 0 aromatic carbocycles. The number of thiophene rings is 1. The summed E-state index contributed by atoms with van der Waals surface area (Å²) in [6.07, 6.45) is -0.283. The van der Waals surface area contributed by atoms with Gasteiger partial charge < -0.3 is 5.11 Å². The second kappa shape index (κ2) is 4.92. The van der Waals surface area contributed by atoms with Gasteiger partial charge in [-0.3, -0.25) is 0 Å². The van der Waals surface area contributed by atoms with E-state index in [1.54, 1.807) is 11.3 Å². The molecular weight excluding hydrogens is 232 g/mol. The second-order valence-electron chi connectivity index (χ2n) is 3.41. The first-order chi connectivity index (χ1) is 6.79. The second-order valence-corrected chi connectivity index (χ2v) is 6.96. The van der Waals surface area contributed by atoms with E-state index in [1.807, 2.05) is 35.0 Å². The van der Waals surface area contributed by atoms with E-state index in [0.717, 1.165) is 5.56 Å². The summed E-state index contributed by atoms with van der Waals surface area (Å²) in [6, 6.07) is 2.03. The third kappa shape index (κ3) is 2.30. The van der Waals surface area contributed by atoms with Crippen LogP contribution in [0.2, 0.25) is 0 Å². The predicted molar refractivity (Wildman–Crippen MR) is 67.4 cm³/mol. The Hall–Kier alpha value is 0.360. The summed E-state index contributed by atoms with van der Waals surface area (Å²) in [5.74, 6) is 2.39.